The number of hydrogen-bond acceptors (Lipinski definition) is 5. The summed E-state index contributed by atoms with van der Waals surface area (Å²) in [7, 11) is 0. The number of pyridine rings is 3. The van der Waals surface area contributed by atoms with Gasteiger partial charge in [-0.15, -0.1) is 0 Å². The molecular formula is C25H23ClN6O. The van der Waals surface area contributed by atoms with Crippen molar-refractivity contribution in [2.75, 3.05) is 10.6 Å². The first-order valence-corrected chi connectivity index (χ1v) is 11.6. The van der Waals surface area contributed by atoms with Crippen molar-refractivity contribution in [1.82, 2.24) is 19.4 Å². The lowest BCUT2D eigenvalue weighted by Gasteiger charge is -2.08. The van der Waals surface area contributed by atoms with E-state index in [1.165, 1.54) is 18.4 Å². The molecule has 6 rings (SSSR count). The maximum absolute atomic E-state index is 12.7. The highest BCUT2D eigenvalue weighted by atomic mass is 35.5. The Morgan fingerprint density at radius 1 is 1.09 bits per heavy atom. The van der Waals surface area contributed by atoms with Gasteiger partial charge < -0.3 is 15.0 Å². The molecule has 2 fully saturated rings. The average Bonchev–Trinajstić information content (AvgIpc) is 3.74. The van der Waals surface area contributed by atoms with Gasteiger partial charge in [0.25, 0.3) is 0 Å². The fourth-order valence-corrected chi connectivity index (χ4v) is 4.43. The predicted molar refractivity (Wildman–Crippen MR) is 127 cm³/mol. The lowest BCUT2D eigenvalue weighted by Crippen LogP contribution is -2.15. The maximum Gasteiger partial charge on any atom is 0.229 e. The summed E-state index contributed by atoms with van der Waals surface area (Å²) in [5, 5.41) is 6.95. The highest BCUT2D eigenvalue weighted by molar-refractivity contribution is 6.30. The molecule has 2 N–H and O–H groups in total. The van der Waals surface area contributed by atoms with Crippen LogP contribution in [0.4, 0.5) is 11.5 Å². The zero-order valence-corrected chi connectivity index (χ0v) is 18.7. The minimum Gasteiger partial charge on any atom is -0.379 e. The number of imidazole rings is 1. The Balaban J connectivity index is 1.08. The van der Waals surface area contributed by atoms with Crippen LogP contribution in [0, 0.1) is 5.92 Å². The van der Waals surface area contributed by atoms with E-state index in [0.29, 0.717) is 17.4 Å². The Bertz CT molecular complexity index is 1350. The molecule has 4 aromatic rings. The van der Waals surface area contributed by atoms with Gasteiger partial charge >= 0.3 is 0 Å². The number of fused-ring (bicyclic) bond motifs is 1. The number of aromatic nitrogens is 4. The van der Waals surface area contributed by atoms with E-state index in [2.05, 4.69) is 49.5 Å². The van der Waals surface area contributed by atoms with Crippen LogP contribution < -0.4 is 10.6 Å². The topological polar surface area (TPSA) is 84.2 Å². The number of amides is 1. The number of hydrogen-bond donors (Lipinski definition) is 2. The highest BCUT2D eigenvalue weighted by Gasteiger charge is 2.45. The van der Waals surface area contributed by atoms with E-state index < -0.39 is 0 Å². The molecule has 4 aromatic heterocycles. The van der Waals surface area contributed by atoms with E-state index in [1.807, 2.05) is 18.2 Å². The zero-order chi connectivity index (χ0) is 22.4. The molecule has 8 heteroatoms. The number of nitrogens with one attached hydrogen (secondary N) is 2. The smallest absolute Gasteiger partial charge is 0.229 e. The Morgan fingerprint density at radius 2 is 1.97 bits per heavy atom. The van der Waals surface area contributed by atoms with Gasteiger partial charge in [-0.3, -0.25) is 9.78 Å². The third kappa shape index (κ3) is 4.41. The van der Waals surface area contributed by atoms with E-state index in [9.17, 15) is 4.79 Å². The van der Waals surface area contributed by atoms with Crippen molar-refractivity contribution in [1.29, 1.82) is 0 Å². The van der Waals surface area contributed by atoms with E-state index in [0.717, 1.165) is 35.1 Å². The van der Waals surface area contributed by atoms with Gasteiger partial charge in [-0.25, -0.2) is 9.97 Å². The standard InChI is InChI=1S/C25H23ClN6O/c26-17-5-7-27-22(9-17)20-11-21(20)25(33)31-23-10-18(6-8-28-23)29-12-19-14-32-13-16(15-1-2-15)3-4-24(32)30-19/h3-10,13-15,20-21H,1-2,11-12H2,(H2,28,29,31,33)/t20-,21-/m1/s1. The molecule has 166 valence electrons. The number of halogens is 1. The molecule has 4 heterocycles. The first-order chi connectivity index (χ1) is 16.1. The molecule has 0 saturated heterocycles. The summed E-state index contributed by atoms with van der Waals surface area (Å²) in [6.45, 7) is 0.586. The molecule has 2 aliphatic rings. The molecule has 0 radical (unpaired) electrons. The molecule has 0 aliphatic heterocycles. The first-order valence-electron chi connectivity index (χ1n) is 11.2. The molecule has 0 spiro atoms. The van der Waals surface area contributed by atoms with Crippen LogP contribution in [-0.2, 0) is 11.3 Å². The number of anilines is 2. The molecule has 7 nitrogen and oxygen atoms in total. The number of nitrogens with zero attached hydrogens (tertiary/aromatic N) is 4. The Morgan fingerprint density at radius 3 is 2.82 bits per heavy atom. The van der Waals surface area contributed by atoms with Crippen LogP contribution in [0.25, 0.3) is 5.65 Å². The van der Waals surface area contributed by atoms with Gasteiger partial charge in [0, 0.05) is 59.1 Å². The van der Waals surface area contributed by atoms with E-state index >= 15 is 0 Å². The van der Waals surface area contributed by atoms with Crippen LogP contribution in [0.2, 0.25) is 5.02 Å². The SMILES string of the molecule is O=C(Nc1cc(NCc2cn3cc(C4CC4)ccc3n2)ccn1)[C@@H]1C[C@H]1c1cc(Cl)ccn1. The fourth-order valence-electron chi connectivity index (χ4n) is 4.26. The van der Waals surface area contributed by atoms with E-state index in [4.69, 9.17) is 16.6 Å². The summed E-state index contributed by atoms with van der Waals surface area (Å²) < 4.78 is 2.10. The van der Waals surface area contributed by atoms with Crippen molar-refractivity contribution >= 4 is 34.7 Å². The average molecular weight is 459 g/mol. The quantitative estimate of drug-likeness (QED) is 0.406. The van der Waals surface area contributed by atoms with Crippen LogP contribution in [0.3, 0.4) is 0 Å². The largest absolute Gasteiger partial charge is 0.379 e. The van der Waals surface area contributed by atoms with Gasteiger partial charge in [0.05, 0.1) is 12.2 Å². The Kier molecular flexibility index (Phi) is 4.99. The van der Waals surface area contributed by atoms with Crippen molar-refractivity contribution < 1.29 is 4.79 Å². The molecule has 0 unspecified atom stereocenters. The minimum absolute atomic E-state index is 0.0433. The second-order valence-electron chi connectivity index (χ2n) is 8.85. The van der Waals surface area contributed by atoms with Gasteiger partial charge in [-0.05, 0) is 55.0 Å². The van der Waals surface area contributed by atoms with Crippen molar-refractivity contribution in [2.24, 2.45) is 5.92 Å². The summed E-state index contributed by atoms with van der Waals surface area (Å²) in [4.78, 5) is 26.0. The molecular weight excluding hydrogens is 436 g/mol. The normalized spacial score (nSPS) is 19.4. The number of carbonyl (C=O) groups is 1. The summed E-state index contributed by atoms with van der Waals surface area (Å²) in [5.41, 5.74) is 5.04. The second-order valence-corrected chi connectivity index (χ2v) is 9.29. The Hall–Kier alpha value is -3.45. The lowest BCUT2D eigenvalue weighted by molar-refractivity contribution is -0.117. The summed E-state index contributed by atoms with van der Waals surface area (Å²) >= 11 is 6.05. The Labute approximate surface area is 196 Å². The summed E-state index contributed by atoms with van der Waals surface area (Å²) in [5.74, 6) is 1.21. The molecule has 33 heavy (non-hydrogen) atoms. The molecule has 0 bridgehead atoms. The van der Waals surface area contributed by atoms with Gasteiger partial charge in [-0.2, -0.15) is 0 Å². The second kappa shape index (κ2) is 8.15. The number of rotatable bonds is 7. The summed E-state index contributed by atoms with van der Waals surface area (Å²) in [6, 6.07) is 11.6. The minimum atomic E-state index is -0.104. The molecule has 1 amide bonds. The van der Waals surface area contributed by atoms with Crippen LogP contribution in [0.15, 0.2) is 61.2 Å². The van der Waals surface area contributed by atoms with Crippen molar-refractivity contribution in [3.63, 3.8) is 0 Å². The first kappa shape index (κ1) is 20.2. The van der Waals surface area contributed by atoms with Crippen molar-refractivity contribution in [3.05, 3.63) is 83.2 Å². The van der Waals surface area contributed by atoms with Crippen molar-refractivity contribution in [2.45, 2.75) is 37.6 Å². The van der Waals surface area contributed by atoms with Crippen LogP contribution in [-0.4, -0.2) is 25.3 Å². The van der Waals surface area contributed by atoms with E-state index in [-0.39, 0.29) is 17.7 Å². The lowest BCUT2D eigenvalue weighted by atomic mass is 10.2. The monoisotopic (exact) mass is 458 g/mol. The summed E-state index contributed by atoms with van der Waals surface area (Å²) in [6.07, 6.45) is 11.0. The molecule has 0 aromatic carbocycles. The van der Waals surface area contributed by atoms with Gasteiger partial charge in [0.2, 0.25) is 5.91 Å². The van der Waals surface area contributed by atoms with Gasteiger partial charge in [0.1, 0.15) is 11.5 Å². The van der Waals surface area contributed by atoms with Crippen LogP contribution >= 0.6 is 11.6 Å². The highest BCUT2D eigenvalue weighted by Crippen LogP contribution is 2.47. The molecule has 2 atom stereocenters. The van der Waals surface area contributed by atoms with Crippen LogP contribution in [0.1, 0.15) is 48.0 Å². The third-order valence-corrected chi connectivity index (χ3v) is 6.54. The molecule has 2 aliphatic carbocycles. The maximum atomic E-state index is 12.7. The van der Waals surface area contributed by atoms with Crippen molar-refractivity contribution in [3.8, 4) is 0 Å². The van der Waals surface area contributed by atoms with Gasteiger partial charge in [-0.1, -0.05) is 17.7 Å². The fraction of sp³-hybridized carbons (Fsp3) is 0.280. The molecule has 2 saturated carbocycles. The van der Waals surface area contributed by atoms with E-state index in [1.54, 1.807) is 18.5 Å². The zero-order valence-electron chi connectivity index (χ0n) is 17.9. The predicted octanol–water partition coefficient (Wildman–Crippen LogP) is 5.01. The third-order valence-electron chi connectivity index (χ3n) is 6.31. The van der Waals surface area contributed by atoms with Crippen LogP contribution in [0.5, 0.6) is 0 Å². The number of carbonyl (C=O) groups excluding carboxylic acids is 1. The van der Waals surface area contributed by atoms with Gasteiger partial charge in [0.15, 0.2) is 0 Å².